The molecule has 74 valence electrons. The Labute approximate surface area is 98.5 Å². The van der Waals surface area contributed by atoms with Crippen LogP contribution in [0.5, 0.6) is 0 Å². The highest BCUT2D eigenvalue weighted by molar-refractivity contribution is 14.1. The molecule has 0 heterocycles. The lowest BCUT2D eigenvalue weighted by Crippen LogP contribution is -2.17. The van der Waals surface area contributed by atoms with Gasteiger partial charge in [-0.15, -0.1) is 0 Å². The molecule has 0 aliphatic heterocycles. The zero-order chi connectivity index (χ0) is 10.4. The van der Waals surface area contributed by atoms with Crippen LogP contribution in [0.15, 0.2) is 24.3 Å². The minimum absolute atomic E-state index is 0.262. The van der Waals surface area contributed by atoms with Gasteiger partial charge in [0.25, 0.3) is 0 Å². The van der Waals surface area contributed by atoms with E-state index in [1.165, 1.54) is 3.57 Å². The summed E-state index contributed by atoms with van der Waals surface area (Å²) in [4.78, 5) is 0. The number of benzene rings is 1. The predicted octanol–water partition coefficient (Wildman–Crippen LogP) is 3.40. The summed E-state index contributed by atoms with van der Waals surface area (Å²) in [5.41, 5.74) is 1.10. The molecule has 0 saturated heterocycles. The van der Waals surface area contributed by atoms with Crippen molar-refractivity contribution in [1.82, 2.24) is 0 Å². The zero-order valence-corrected chi connectivity index (χ0v) is 10.3. The highest BCUT2D eigenvalue weighted by Gasteiger charge is 2.04. The van der Waals surface area contributed by atoms with Crippen molar-refractivity contribution in [3.63, 3.8) is 0 Å². The first-order chi connectivity index (χ1) is 6.76. The molecule has 14 heavy (non-hydrogen) atoms. The third kappa shape index (κ3) is 3.54. The van der Waals surface area contributed by atoms with Crippen molar-refractivity contribution in [2.45, 2.75) is 25.8 Å². The molecule has 1 aromatic carbocycles. The topological polar surface area (TPSA) is 35.8 Å². The summed E-state index contributed by atoms with van der Waals surface area (Å²) in [5.74, 6) is 0. The second-order valence-corrected chi connectivity index (χ2v) is 4.37. The molecular formula is C11H13IN2. The highest BCUT2D eigenvalue weighted by atomic mass is 127. The van der Waals surface area contributed by atoms with Gasteiger partial charge >= 0.3 is 0 Å². The Bertz CT molecular complexity index is 330. The lowest BCUT2D eigenvalue weighted by molar-refractivity contribution is 0.711. The average molecular weight is 300 g/mol. The first kappa shape index (κ1) is 11.3. The summed E-state index contributed by atoms with van der Waals surface area (Å²) >= 11 is 2.28. The number of rotatable bonds is 4. The van der Waals surface area contributed by atoms with Crippen LogP contribution >= 0.6 is 22.6 Å². The van der Waals surface area contributed by atoms with Crippen LogP contribution in [0.2, 0.25) is 0 Å². The Morgan fingerprint density at radius 2 is 2.36 bits per heavy atom. The average Bonchev–Trinajstić information content (AvgIpc) is 2.17. The smallest absolute Gasteiger partial charge is 0.0643 e. The van der Waals surface area contributed by atoms with Gasteiger partial charge in [0.05, 0.1) is 12.5 Å². The Morgan fingerprint density at radius 1 is 1.57 bits per heavy atom. The molecule has 1 unspecified atom stereocenters. The number of halogens is 1. The van der Waals surface area contributed by atoms with Crippen LogP contribution in [-0.4, -0.2) is 6.04 Å². The monoisotopic (exact) mass is 300 g/mol. The van der Waals surface area contributed by atoms with E-state index < -0.39 is 0 Å². The maximum atomic E-state index is 8.61. The molecule has 1 N–H and O–H groups in total. The van der Waals surface area contributed by atoms with Crippen molar-refractivity contribution in [3.8, 4) is 6.07 Å². The van der Waals surface area contributed by atoms with Crippen LogP contribution in [0.1, 0.15) is 19.8 Å². The molecule has 0 saturated carbocycles. The summed E-state index contributed by atoms with van der Waals surface area (Å²) in [5, 5.41) is 12.0. The molecule has 0 spiro atoms. The standard InChI is InChI=1S/C11H13IN2/c1-2-10(6-7-13)14-11-5-3-4-9(12)8-11/h3-5,8,10,14H,2,6H2,1H3. The van der Waals surface area contributed by atoms with Gasteiger partial charge in [-0.2, -0.15) is 5.26 Å². The number of hydrogen-bond acceptors (Lipinski definition) is 2. The van der Waals surface area contributed by atoms with Crippen LogP contribution < -0.4 is 5.32 Å². The van der Waals surface area contributed by atoms with E-state index in [1.807, 2.05) is 12.1 Å². The van der Waals surface area contributed by atoms with E-state index in [4.69, 9.17) is 5.26 Å². The highest BCUT2D eigenvalue weighted by Crippen LogP contribution is 2.15. The van der Waals surface area contributed by atoms with Crippen molar-refractivity contribution in [1.29, 1.82) is 5.26 Å². The summed E-state index contributed by atoms with van der Waals surface area (Å²) in [6, 6.07) is 10.6. The molecule has 1 aromatic rings. The molecule has 0 aliphatic carbocycles. The van der Waals surface area contributed by atoms with E-state index in [9.17, 15) is 0 Å². The Hall–Kier alpha value is -0.760. The SMILES string of the molecule is CCC(CC#N)Nc1cccc(I)c1. The van der Waals surface area contributed by atoms with E-state index in [0.717, 1.165) is 12.1 Å². The van der Waals surface area contributed by atoms with Crippen LogP contribution in [0.3, 0.4) is 0 Å². The molecule has 1 rings (SSSR count). The van der Waals surface area contributed by atoms with Crippen molar-refractivity contribution in [2.75, 3.05) is 5.32 Å². The summed E-state index contributed by atoms with van der Waals surface area (Å²) in [6.07, 6.45) is 1.53. The van der Waals surface area contributed by atoms with Gasteiger partial charge in [-0.1, -0.05) is 13.0 Å². The molecule has 3 heteroatoms. The minimum atomic E-state index is 0.262. The number of nitrogens with one attached hydrogen (secondary N) is 1. The quantitative estimate of drug-likeness (QED) is 0.865. The largest absolute Gasteiger partial charge is 0.381 e. The normalized spacial score (nSPS) is 11.8. The Kier molecular flexibility index (Phi) is 4.74. The van der Waals surface area contributed by atoms with Gasteiger partial charge in [-0.25, -0.2) is 0 Å². The van der Waals surface area contributed by atoms with Crippen molar-refractivity contribution in [3.05, 3.63) is 27.8 Å². The molecule has 2 nitrogen and oxygen atoms in total. The van der Waals surface area contributed by atoms with Crippen molar-refractivity contribution >= 4 is 28.3 Å². The van der Waals surface area contributed by atoms with Crippen molar-refractivity contribution < 1.29 is 0 Å². The fourth-order valence-electron chi connectivity index (χ4n) is 1.22. The molecule has 0 radical (unpaired) electrons. The van der Waals surface area contributed by atoms with Crippen LogP contribution in [0.4, 0.5) is 5.69 Å². The zero-order valence-electron chi connectivity index (χ0n) is 8.13. The van der Waals surface area contributed by atoms with Gasteiger partial charge in [0.1, 0.15) is 0 Å². The lowest BCUT2D eigenvalue weighted by Gasteiger charge is -2.14. The van der Waals surface area contributed by atoms with E-state index in [2.05, 4.69) is 53.0 Å². The first-order valence-corrected chi connectivity index (χ1v) is 5.73. The predicted molar refractivity (Wildman–Crippen MR) is 67.1 cm³/mol. The molecule has 0 aliphatic rings. The lowest BCUT2D eigenvalue weighted by atomic mass is 10.1. The van der Waals surface area contributed by atoms with Gasteiger partial charge in [-0.3, -0.25) is 0 Å². The summed E-state index contributed by atoms with van der Waals surface area (Å²) < 4.78 is 1.21. The Balaban J connectivity index is 2.63. The number of nitriles is 1. The third-order valence-corrected chi connectivity index (χ3v) is 2.70. The van der Waals surface area contributed by atoms with Gasteiger partial charge in [0.2, 0.25) is 0 Å². The maximum Gasteiger partial charge on any atom is 0.0643 e. The molecular weight excluding hydrogens is 287 g/mol. The molecule has 0 amide bonds. The van der Waals surface area contributed by atoms with Crippen LogP contribution in [0.25, 0.3) is 0 Å². The molecule has 0 bridgehead atoms. The van der Waals surface area contributed by atoms with Crippen molar-refractivity contribution in [2.24, 2.45) is 0 Å². The van der Waals surface area contributed by atoms with Crippen LogP contribution in [0, 0.1) is 14.9 Å². The third-order valence-electron chi connectivity index (χ3n) is 2.03. The Morgan fingerprint density at radius 3 is 2.93 bits per heavy atom. The maximum absolute atomic E-state index is 8.61. The molecule has 0 fully saturated rings. The molecule has 1 atom stereocenters. The minimum Gasteiger partial charge on any atom is -0.381 e. The second-order valence-electron chi connectivity index (χ2n) is 3.12. The summed E-state index contributed by atoms with van der Waals surface area (Å²) in [7, 11) is 0. The number of anilines is 1. The molecule has 0 aromatic heterocycles. The second kappa shape index (κ2) is 5.86. The number of nitrogens with zero attached hydrogens (tertiary/aromatic N) is 1. The van der Waals surface area contributed by atoms with E-state index in [-0.39, 0.29) is 6.04 Å². The van der Waals surface area contributed by atoms with Gasteiger partial charge in [0, 0.05) is 15.3 Å². The van der Waals surface area contributed by atoms with E-state index in [1.54, 1.807) is 0 Å². The number of hydrogen-bond donors (Lipinski definition) is 1. The van der Waals surface area contributed by atoms with E-state index >= 15 is 0 Å². The van der Waals surface area contributed by atoms with Gasteiger partial charge in [0.15, 0.2) is 0 Å². The fourth-order valence-corrected chi connectivity index (χ4v) is 1.76. The van der Waals surface area contributed by atoms with Gasteiger partial charge < -0.3 is 5.32 Å². The fraction of sp³-hybridized carbons (Fsp3) is 0.364. The first-order valence-electron chi connectivity index (χ1n) is 4.65. The van der Waals surface area contributed by atoms with E-state index in [0.29, 0.717) is 6.42 Å². The van der Waals surface area contributed by atoms with Gasteiger partial charge in [-0.05, 0) is 47.2 Å². The summed E-state index contributed by atoms with van der Waals surface area (Å²) in [6.45, 7) is 2.09. The van der Waals surface area contributed by atoms with Crippen LogP contribution in [-0.2, 0) is 0 Å².